The van der Waals surface area contributed by atoms with Crippen molar-refractivity contribution in [2.24, 2.45) is 0 Å². The molecular formula is C10H12N2. The van der Waals surface area contributed by atoms with Gasteiger partial charge in [-0.2, -0.15) is 0 Å². The maximum atomic E-state index is 4.31. The van der Waals surface area contributed by atoms with Crippen molar-refractivity contribution in [2.45, 2.75) is 13.3 Å². The van der Waals surface area contributed by atoms with Gasteiger partial charge in [-0.25, -0.2) is 4.98 Å². The summed E-state index contributed by atoms with van der Waals surface area (Å²) in [6.45, 7) is 6.91. The van der Waals surface area contributed by atoms with Crippen LogP contribution < -0.4 is 5.32 Å². The smallest absolute Gasteiger partial charge is 0.129 e. The third kappa shape index (κ3) is 1.09. The molecule has 0 spiro atoms. The van der Waals surface area contributed by atoms with Gasteiger partial charge < -0.3 is 5.32 Å². The van der Waals surface area contributed by atoms with Crippen LogP contribution >= 0.6 is 0 Å². The standard InChI is InChI=1S/C10H12N2/c1-7(2)9-5-8-3-4-11-10(8)12-6-9/h5-6H,1,3-4H2,2H3,(H,11,12). The van der Waals surface area contributed by atoms with Crippen LogP contribution in [0.1, 0.15) is 18.1 Å². The van der Waals surface area contributed by atoms with E-state index in [0.717, 1.165) is 29.9 Å². The topological polar surface area (TPSA) is 24.9 Å². The number of hydrogen-bond acceptors (Lipinski definition) is 2. The lowest BCUT2D eigenvalue weighted by molar-refractivity contribution is 1.10. The molecular weight excluding hydrogens is 148 g/mol. The van der Waals surface area contributed by atoms with Crippen LogP contribution in [-0.4, -0.2) is 11.5 Å². The molecule has 1 aromatic rings. The van der Waals surface area contributed by atoms with Crippen LogP contribution in [0.4, 0.5) is 5.82 Å². The Kier molecular flexibility index (Phi) is 1.61. The third-order valence-electron chi connectivity index (χ3n) is 2.15. The minimum absolute atomic E-state index is 1.02. The lowest BCUT2D eigenvalue weighted by atomic mass is 10.1. The number of pyridine rings is 1. The summed E-state index contributed by atoms with van der Waals surface area (Å²) in [5, 5.41) is 3.23. The van der Waals surface area contributed by atoms with Crippen molar-refractivity contribution >= 4 is 11.4 Å². The fraction of sp³-hybridized carbons (Fsp3) is 0.300. The van der Waals surface area contributed by atoms with E-state index in [1.807, 2.05) is 13.1 Å². The SMILES string of the molecule is C=C(C)c1cnc2c(c1)CCN2. The quantitative estimate of drug-likeness (QED) is 0.680. The highest BCUT2D eigenvalue weighted by Gasteiger charge is 2.11. The first-order valence-corrected chi connectivity index (χ1v) is 4.16. The largest absolute Gasteiger partial charge is 0.370 e. The number of anilines is 1. The van der Waals surface area contributed by atoms with E-state index in [1.165, 1.54) is 5.56 Å². The molecule has 0 unspecified atom stereocenters. The Labute approximate surface area is 72.3 Å². The molecule has 2 nitrogen and oxygen atoms in total. The van der Waals surface area contributed by atoms with Gasteiger partial charge in [-0.3, -0.25) is 0 Å². The van der Waals surface area contributed by atoms with Gasteiger partial charge in [0.1, 0.15) is 5.82 Å². The number of fused-ring (bicyclic) bond motifs is 1. The monoisotopic (exact) mass is 160 g/mol. The van der Waals surface area contributed by atoms with Crippen molar-refractivity contribution in [1.82, 2.24) is 4.98 Å². The molecule has 1 aliphatic heterocycles. The van der Waals surface area contributed by atoms with E-state index in [-0.39, 0.29) is 0 Å². The summed E-state index contributed by atoms with van der Waals surface area (Å²) in [7, 11) is 0. The van der Waals surface area contributed by atoms with Crippen molar-refractivity contribution < 1.29 is 0 Å². The summed E-state index contributed by atoms with van der Waals surface area (Å²) in [4.78, 5) is 4.31. The molecule has 1 aliphatic rings. The minimum atomic E-state index is 1.02. The van der Waals surface area contributed by atoms with Gasteiger partial charge in [0.25, 0.3) is 0 Å². The molecule has 0 saturated carbocycles. The first kappa shape index (κ1) is 7.35. The average molecular weight is 160 g/mol. The van der Waals surface area contributed by atoms with Crippen LogP contribution in [0.3, 0.4) is 0 Å². The van der Waals surface area contributed by atoms with Crippen LogP contribution in [0.15, 0.2) is 18.8 Å². The molecule has 0 radical (unpaired) electrons. The molecule has 0 aliphatic carbocycles. The Hall–Kier alpha value is -1.31. The molecule has 0 bridgehead atoms. The van der Waals surface area contributed by atoms with Crippen LogP contribution in [0.2, 0.25) is 0 Å². The zero-order valence-electron chi connectivity index (χ0n) is 7.22. The van der Waals surface area contributed by atoms with Gasteiger partial charge >= 0.3 is 0 Å². The molecule has 1 N–H and O–H groups in total. The molecule has 2 rings (SSSR count). The highest BCUT2D eigenvalue weighted by atomic mass is 15.0. The molecule has 2 heterocycles. The Morgan fingerprint density at radius 3 is 3.25 bits per heavy atom. The molecule has 12 heavy (non-hydrogen) atoms. The van der Waals surface area contributed by atoms with E-state index in [4.69, 9.17) is 0 Å². The van der Waals surface area contributed by atoms with E-state index < -0.39 is 0 Å². The Morgan fingerprint density at radius 1 is 1.67 bits per heavy atom. The number of allylic oxidation sites excluding steroid dienone is 1. The normalized spacial score (nSPS) is 13.8. The summed E-state index contributed by atoms with van der Waals surface area (Å²) in [6, 6.07) is 2.17. The molecule has 2 heteroatoms. The fourth-order valence-electron chi connectivity index (χ4n) is 1.41. The van der Waals surface area contributed by atoms with Gasteiger partial charge in [0.05, 0.1) is 0 Å². The van der Waals surface area contributed by atoms with Gasteiger partial charge in [-0.15, -0.1) is 0 Å². The van der Waals surface area contributed by atoms with E-state index in [2.05, 4.69) is 22.9 Å². The fourth-order valence-corrected chi connectivity index (χ4v) is 1.41. The molecule has 0 amide bonds. The van der Waals surface area contributed by atoms with Gasteiger partial charge in [0.15, 0.2) is 0 Å². The number of rotatable bonds is 1. The molecule has 0 atom stereocenters. The van der Waals surface area contributed by atoms with Crippen LogP contribution in [0.25, 0.3) is 5.57 Å². The van der Waals surface area contributed by atoms with Crippen LogP contribution in [-0.2, 0) is 6.42 Å². The predicted molar refractivity (Wildman–Crippen MR) is 51.1 cm³/mol. The van der Waals surface area contributed by atoms with Gasteiger partial charge in [0, 0.05) is 12.7 Å². The van der Waals surface area contributed by atoms with E-state index in [1.54, 1.807) is 0 Å². The van der Waals surface area contributed by atoms with Crippen molar-refractivity contribution in [3.05, 3.63) is 30.0 Å². The molecule has 1 aromatic heterocycles. The van der Waals surface area contributed by atoms with Crippen molar-refractivity contribution in [3.8, 4) is 0 Å². The second-order valence-electron chi connectivity index (χ2n) is 3.19. The molecule has 0 aromatic carbocycles. The lowest BCUT2D eigenvalue weighted by Gasteiger charge is -2.02. The van der Waals surface area contributed by atoms with E-state index >= 15 is 0 Å². The van der Waals surface area contributed by atoms with Crippen LogP contribution in [0, 0.1) is 0 Å². The molecule has 0 fully saturated rings. The Morgan fingerprint density at radius 2 is 2.50 bits per heavy atom. The average Bonchev–Trinajstić information content (AvgIpc) is 2.49. The zero-order valence-corrected chi connectivity index (χ0v) is 7.22. The summed E-state index contributed by atoms with van der Waals surface area (Å²) in [5.74, 6) is 1.04. The van der Waals surface area contributed by atoms with Crippen molar-refractivity contribution in [1.29, 1.82) is 0 Å². The van der Waals surface area contributed by atoms with Gasteiger partial charge in [0.2, 0.25) is 0 Å². The second kappa shape index (κ2) is 2.63. The number of nitrogens with one attached hydrogen (secondary N) is 1. The second-order valence-corrected chi connectivity index (χ2v) is 3.19. The van der Waals surface area contributed by atoms with Gasteiger partial charge in [-0.05, 0) is 36.1 Å². The maximum absolute atomic E-state index is 4.31. The highest BCUT2D eigenvalue weighted by Crippen LogP contribution is 2.22. The summed E-state index contributed by atoms with van der Waals surface area (Å²) in [5.41, 5.74) is 3.55. The lowest BCUT2D eigenvalue weighted by Crippen LogP contribution is -1.92. The first-order valence-electron chi connectivity index (χ1n) is 4.16. The Bertz CT molecular complexity index is 329. The zero-order chi connectivity index (χ0) is 8.55. The number of aromatic nitrogens is 1. The molecule has 0 saturated heterocycles. The Balaban J connectivity index is 2.45. The van der Waals surface area contributed by atoms with Crippen molar-refractivity contribution in [3.63, 3.8) is 0 Å². The summed E-state index contributed by atoms with van der Waals surface area (Å²) in [6.07, 6.45) is 2.96. The molecule has 62 valence electrons. The number of nitrogens with zero attached hydrogens (tertiary/aromatic N) is 1. The highest BCUT2D eigenvalue weighted by molar-refractivity contribution is 5.64. The number of hydrogen-bond donors (Lipinski definition) is 1. The minimum Gasteiger partial charge on any atom is -0.370 e. The van der Waals surface area contributed by atoms with E-state index in [9.17, 15) is 0 Å². The third-order valence-corrected chi connectivity index (χ3v) is 2.15. The van der Waals surface area contributed by atoms with Gasteiger partial charge in [-0.1, -0.05) is 6.58 Å². The van der Waals surface area contributed by atoms with E-state index in [0.29, 0.717) is 0 Å². The maximum Gasteiger partial charge on any atom is 0.129 e. The predicted octanol–water partition coefficient (Wildman–Crippen LogP) is 2.08. The summed E-state index contributed by atoms with van der Waals surface area (Å²) < 4.78 is 0. The van der Waals surface area contributed by atoms with Crippen LogP contribution in [0.5, 0.6) is 0 Å². The first-order chi connectivity index (χ1) is 5.77. The van der Waals surface area contributed by atoms with Crippen molar-refractivity contribution in [2.75, 3.05) is 11.9 Å². The summed E-state index contributed by atoms with van der Waals surface area (Å²) >= 11 is 0.